The fourth-order valence-corrected chi connectivity index (χ4v) is 2.41. The van der Waals surface area contributed by atoms with Crippen molar-refractivity contribution in [2.24, 2.45) is 11.7 Å². The van der Waals surface area contributed by atoms with E-state index in [2.05, 4.69) is 8.75 Å². The number of nitrogens with two attached hydrogens (primary N) is 1. The molecule has 7 heteroatoms. The van der Waals surface area contributed by atoms with Crippen molar-refractivity contribution in [3.8, 4) is 0 Å². The minimum atomic E-state index is -0.0211. The molecule has 0 bridgehead atoms. The predicted molar refractivity (Wildman–Crippen MR) is 64.8 cm³/mol. The highest BCUT2D eigenvalue weighted by Gasteiger charge is 2.32. The average molecular weight is 263 g/mol. The van der Waals surface area contributed by atoms with Gasteiger partial charge in [0.15, 0.2) is 5.69 Å². The van der Waals surface area contributed by atoms with E-state index in [1.54, 1.807) is 0 Å². The van der Waals surface area contributed by atoms with Crippen LogP contribution in [-0.4, -0.2) is 38.7 Å². The van der Waals surface area contributed by atoms with Crippen molar-refractivity contribution in [2.45, 2.75) is 19.4 Å². The van der Waals surface area contributed by atoms with Crippen LogP contribution < -0.4 is 5.73 Å². The quantitative estimate of drug-likeness (QED) is 0.855. The van der Waals surface area contributed by atoms with Gasteiger partial charge in [-0.25, -0.2) is 0 Å². The molecular weight excluding hydrogens is 248 g/mol. The Hall–Kier alpha value is -0.720. The molecule has 2 atom stereocenters. The van der Waals surface area contributed by atoms with E-state index in [-0.39, 0.29) is 24.4 Å². The van der Waals surface area contributed by atoms with Gasteiger partial charge < -0.3 is 10.6 Å². The van der Waals surface area contributed by atoms with Crippen molar-refractivity contribution >= 4 is 30.0 Å². The third-order valence-electron chi connectivity index (χ3n) is 2.84. The largest absolute Gasteiger partial charge is 0.334 e. The van der Waals surface area contributed by atoms with E-state index in [1.807, 2.05) is 11.8 Å². The highest BCUT2D eigenvalue weighted by atomic mass is 35.5. The number of carbonyl (C=O) groups is 1. The normalized spacial score (nSPS) is 24.2. The Morgan fingerprint density at radius 1 is 1.75 bits per heavy atom. The molecule has 2 rings (SSSR count). The Morgan fingerprint density at radius 3 is 3.00 bits per heavy atom. The lowest BCUT2D eigenvalue weighted by molar-refractivity contribution is 0.0738. The molecule has 0 saturated carbocycles. The summed E-state index contributed by atoms with van der Waals surface area (Å²) in [6, 6.07) is 0.257. The summed E-state index contributed by atoms with van der Waals surface area (Å²) in [7, 11) is 0. The van der Waals surface area contributed by atoms with E-state index in [4.69, 9.17) is 5.73 Å². The maximum absolute atomic E-state index is 12.0. The van der Waals surface area contributed by atoms with Crippen molar-refractivity contribution in [1.82, 2.24) is 13.6 Å². The first-order valence-corrected chi connectivity index (χ1v) is 5.74. The van der Waals surface area contributed by atoms with Gasteiger partial charge in [-0.15, -0.1) is 12.4 Å². The first kappa shape index (κ1) is 13.3. The van der Waals surface area contributed by atoms with Gasteiger partial charge in [-0.1, -0.05) is 0 Å². The van der Waals surface area contributed by atoms with Gasteiger partial charge in [0, 0.05) is 12.6 Å². The number of likely N-dealkylation sites (tertiary alicyclic amines) is 1. The van der Waals surface area contributed by atoms with Crippen molar-refractivity contribution in [3.63, 3.8) is 0 Å². The van der Waals surface area contributed by atoms with Gasteiger partial charge in [0.05, 0.1) is 17.9 Å². The van der Waals surface area contributed by atoms with E-state index in [0.29, 0.717) is 18.2 Å². The lowest BCUT2D eigenvalue weighted by Crippen LogP contribution is -2.34. The second-order valence-corrected chi connectivity index (χ2v) is 4.49. The van der Waals surface area contributed by atoms with Crippen LogP contribution in [-0.2, 0) is 0 Å². The van der Waals surface area contributed by atoms with Crippen LogP contribution in [0.4, 0.5) is 0 Å². The molecule has 5 nitrogen and oxygen atoms in total. The second-order valence-electron chi connectivity index (χ2n) is 3.94. The van der Waals surface area contributed by atoms with Crippen molar-refractivity contribution in [2.75, 3.05) is 13.1 Å². The van der Waals surface area contributed by atoms with Crippen LogP contribution in [0.2, 0.25) is 0 Å². The monoisotopic (exact) mass is 262 g/mol. The van der Waals surface area contributed by atoms with E-state index in [0.717, 1.165) is 24.7 Å². The van der Waals surface area contributed by atoms with Gasteiger partial charge >= 0.3 is 0 Å². The molecule has 1 saturated heterocycles. The number of halogens is 1. The number of hydrogen-bond acceptors (Lipinski definition) is 5. The molecule has 2 N–H and O–H groups in total. The standard InChI is InChI=1S/C9H14N4OS.ClH/c1-6-2-7(3-10)5-13(6)9(14)8-4-11-15-12-8;/h4,6-7H,2-3,5,10H2,1H3;1H. The van der Waals surface area contributed by atoms with Crippen LogP contribution in [0.3, 0.4) is 0 Å². The highest BCUT2D eigenvalue weighted by molar-refractivity contribution is 6.99. The molecule has 1 aliphatic heterocycles. The number of hydrogen-bond donors (Lipinski definition) is 1. The van der Waals surface area contributed by atoms with Gasteiger partial charge in [0.1, 0.15) is 0 Å². The smallest absolute Gasteiger partial charge is 0.275 e. The zero-order valence-electron chi connectivity index (χ0n) is 9.00. The minimum Gasteiger partial charge on any atom is -0.334 e. The molecule has 1 aromatic rings. The Bertz CT molecular complexity index is 345. The van der Waals surface area contributed by atoms with E-state index in [1.165, 1.54) is 6.20 Å². The molecule has 0 aromatic carbocycles. The number of nitrogens with zero attached hydrogens (tertiary/aromatic N) is 3. The third-order valence-corrected chi connectivity index (χ3v) is 3.31. The minimum absolute atomic E-state index is 0. The Balaban J connectivity index is 0.00000128. The first-order valence-electron chi connectivity index (χ1n) is 5.01. The molecule has 0 spiro atoms. The van der Waals surface area contributed by atoms with Crippen LogP contribution in [0, 0.1) is 5.92 Å². The van der Waals surface area contributed by atoms with Crippen molar-refractivity contribution in [1.29, 1.82) is 0 Å². The van der Waals surface area contributed by atoms with Crippen molar-refractivity contribution in [3.05, 3.63) is 11.9 Å². The van der Waals surface area contributed by atoms with Crippen LogP contribution in [0.25, 0.3) is 0 Å². The van der Waals surface area contributed by atoms with Gasteiger partial charge in [-0.05, 0) is 25.8 Å². The zero-order chi connectivity index (χ0) is 10.8. The zero-order valence-corrected chi connectivity index (χ0v) is 10.6. The average Bonchev–Trinajstić information content (AvgIpc) is 2.85. The molecule has 1 amide bonds. The maximum atomic E-state index is 12.0. The SMILES string of the molecule is CC1CC(CN)CN1C(=O)c1cnsn1.Cl. The molecule has 1 aliphatic rings. The summed E-state index contributed by atoms with van der Waals surface area (Å²) in [6.45, 7) is 3.44. The number of carbonyl (C=O) groups excluding carboxylic acids is 1. The van der Waals surface area contributed by atoms with Gasteiger partial charge in [-0.2, -0.15) is 8.75 Å². The molecule has 16 heavy (non-hydrogen) atoms. The number of rotatable bonds is 2. The second kappa shape index (κ2) is 5.56. The van der Waals surface area contributed by atoms with Gasteiger partial charge in [-0.3, -0.25) is 4.79 Å². The molecule has 0 radical (unpaired) electrons. The van der Waals surface area contributed by atoms with Gasteiger partial charge in [0.25, 0.3) is 5.91 Å². The predicted octanol–water partition coefficient (Wildman–Crippen LogP) is 0.769. The summed E-state index contributed by atoms with van der Waals surface area (Å²) in [5, 5.41) is 0. The molecule has 0 aliphatic carbocycles. The molecule has 2 heterocycles. The lowest BCUT2D eigenvalue weighted by Gasteiger charge is -2.19. The molecule has 90 valence electrons. The lowest BCUT2D eigenvalue weighted by atomic mass is 10.1. The van der Waals surface area contributed by atoms with Crippen LogP contribution >= 0.6 is 24.1 Å². The Morgan fingerprint density at radius 2 is 2.50 bits per heavy atom. The summed E-state index contributed by atoms with van der Waals surface area (Å²) >= 11 is 1.06. The third kappa shape index (κ3) is 2.50. The highest BCUT2D eigenvalue weighted by Crippen LogP contribution is 2.23. The van der Waals surface area contributed by atoms with Gasteiger partial charge in [0.2, 0.25) is 0 Å². The molecule has 2 unspecified atom stereocenters. The molecule has 1 aromatic heterocycles. The van der Waals surface area contributed by atoms with Crippen LogP contribution in [0.5, 0.6) is 0 Å². The van der Waals surface area contributed by atoms with Crippen LogP contribution in [0.15, 0.2) is 6.20 Å². The Labute approximate surface area is 105 Å². The van der Waals surface area contributed by atoms with Crippen LogP contribution in [0.1, 0.15) is 23.8 Å². The summed E-state index contributed by atoms with van der Waals surface area (Å²) in [6.07, 6.45) is 2.51. The van der Waals surface area contributed by atoms with Crippen molar-refractivity contribution < 1.29 is 4.79 Å². The summed E-state index contributed by atoms with van der Waals surface area (Å²) < 4.78 is 7.79. The topological polar surface area (TPSA) is 72.1 Å². The summed E-state index contributed by atoms with van der Waals surface area (Å²) in [4.78, 5) is 13.8. The molecule has 1 fully saturated rings. The number of amides is 1. The summed E-state index contributed by atoms with van der Waals surface area (Å²) in [5.74, 6) is 0.405. The first-order chi connectivity index (χ1) is 7.22. The van der Waals surface area contributed by atoms with E-state index < -0.39 is 0 Å². The van der Waals surface area contributed by atoms with E-state index >= 15 is 0 Å². The maximum Gasteiger partial charge on any atom is 0.275 e. The number of aromatic nitrogens is 2. The summed E-state index contributed by atoms with van der Waals surface area (Å²) in [5.41, 5.74) is 6.06. The Kier molecular flexibility index (Phi) is 4.64. The van der Waals surface area contributed by atoms with E-state index in [9.17, 15) is 4.79 Å². The molecular formula is C9H15ClN4OS. The fourth-order valence-electron chi connectivity index (χ4n) is 2.00. The fraction of sp³-hybridized carbons (Fsp3) is 0.667.